The summed E-state index contributed by atoms with van der Waals surface area (Å²) in [6.07, 6.45) is 0. The molecule has 1 N–H and O–H groups in total. The van der Waals surface area contributed by atoms with Crippen molar-refractivity contribution in [2.24, 2.45) is 0 Å². The molecule has 160 valence electrons. The largest absolute Gasteiger partial charge is 0.348 e. The minimum Gasteiger partial charge on any atom is -0.348 e. The molecular weight excluding hydrogens is 425 g/mol. The summed E-state index contributed by atoms with van der Waals surface area (Å²) in [5.41, 5.74) is 2.93. The molecular formula is C25H20FN3O2S. The number of rotatable bonds is 6. The van der Waals surface area contributed by atoms with Crippen LogP contribution in [0.2, 0.25) is 0 Å². The normalized spacial score (nSPS) is 10.7. The lowest BCUT2D eigenvalue weighted by molar-refractivity contribution is 0.0951. The standard InChI is InChI=1S/C25H20FN3O2S/c1-17-4-2-3-5-19(17)16-27-25(31)18-6-10-21(11-7-18)29-24(30)15-14-23(28-29)32-22-12-8-20(26)9-13-22/h2-15H,16H2,1H3,(H,27,31). The Hall–Kier alpha value is -3.71. The summed E-state index contributed by atoms with van der Waals surface area (Å²) < 4.78 is 14.4. The summed E-state index contributed by atoms with van der Waals surface area (Å²) in [6.45, 7) is 2.44. The molecule has 3 aromatic carbocycles. The smallest absolute Gasteiger partial charge is 0.271 e. The van der Waals surface area contributed by atoms with E-state index in [1.54, 1.807) is 42.5 Å². The van der Waals surface area contributed by atoms with E-state index in [1.807, 2.05) is 31.2 Å². The van der Waals surface area contributed by atoms with Gasteiger partial charge < -0.3 is 5.32 Å². The van der Waals surface area contributed by atoms with Gasteiger partial charge in [0.2, 0.25) is 0 Å². The number of benzene rings is 3. The summed E-state index contributed by atoms with van der Waals surface area (Å²) in [5.74, 6) is -0.504. The average Bonchev–Trinajstić information content (AvgIpc) is 2.81. The highest BCUT2D eigenvalue weighted by molar-refractivity contribution is 7.99. The zero-order valence-corrected chi connectivity index (χ0v) is 18.1. The molecule has 0 bridgehead atoms. The number of hydrogen-bond acceptors (Lipinski definition) is 4. The maximum absolute atomic E-state index is 13.1. The topological polar surface area (TPSA) is 64.0 Å². The lowest BCUT2D eigenvalue weighted by atomic mass is 10.1. The van der Waals surface area contributed by atoms with Gasteiger partial charge in [0.1, 0.15) is 10.8 Å². The first-order valence-electron chi connectivity index (χ1n) is 9.96. The summed E-state index contributed by atoms with van der Waals surface area (Å²) >= 11 is 1.33. The van der Waals surface area contributed by atoms with Gasteiger partial charge in [0, 0.05) is 23.1 Å². The second-order valence-corrected chi connectivity index (χ2v) is 8.23. The van der Waals surface area contributed by atoms with Gasteiger partial charge in [0.15, 0.2) is 0 Å². The molecule has 0 unspecified atom stereocenters. The molecule has 0 aliphatic carbocycles. The van der Waals surface area contributed by atoms with E-state index in [4.69, 9.17) is 0 Å². The van der Waals surface area contributed by atoms with E-state index in [2.05, 4.69) is 10.4 Å². The third kappa shape index (κ3) is 5.12. The highest BCUT2D eigenvalue weighted by Crippen LogP contribution is 2.25. The van der Waals surface area contributed by atoms with Crippen LogP contribution >= 0.6 is 11.8 Å². The monoisotopic (exact) mass is 445 g/mol. The van der Waals surface area contributed by atoms with Crippen molar-refractivity contribution in [3.8, 4) is 5.69 Å². The third-order valence-corrected chi connectivity index (χ3v) is 5.82. The van der Waals surface area contributed by atoms with Gasteiger partial charge in [-0.25, -0.2) is 4.39 Å². The first kappa shape index (κ1) is 21.5. The Morgan fingerprint density at radius 3 is 2.41 bits per heavy atom. The van der Waals surface area contributed by atoms with Crippen LogP contribution in [0.25, 0.3) is 5.69 Å². The number of hydrogen-bond donors (Lipinski definition) is 1. The van der Waals surface area contributed by atoms with E-state index in [-0.39, 0.29) is 17.3 Å². The van der Waals surface area contributed by atoms with Crippen molar-refractivity contribution >= 4 is 17.7 Å². The Labute approximate surface area is 188 Å². The Morgan fingerprint density at radius 1 is 0.969 bits per heavy atom. The van der Waals surface area contributed by atoms with Crippen LogP contribution in [0.1, 0.15) is 21.5 Å². The molecule has 32 heavy (non-hydrogen) atoms. The van der Waals surface area contributed by atoms with Crippen molar-refractivity contribution in [2.45, 2.75) is 23.4 Å². The first-order chi connectivity index (χ1) is 15.5. The Balaban J connectivity index is 1.48. The fourth-order valence-corrected chi connectivity index (χ4v) is 3.87. The minimum absolute atomic E-state index is 0.194. The molecule has 4 rings (SSSR count). The number of aromatic nitrogens is 2. The van der Waals surface area contributed by atoms with E-state index in [0.29, 0.717) is 22.8 Å². The molecule has 5 nitrogen and oxygen atoms in total. The van der Waals surface area contributed by atoms with Gasteiger partial charge in [0.05, 0.1) is 5.69 Å². The van der Waals surface area contributed by atoms with E-state index in [0.717, 1.165) is 16.0 Å². The van der Waals surface area contributed by atoms with Crippen LogP contribution in [0.3, 0.4) is 0 Å². The molecule has 0 aliphatic heterocycles. The van der Waals surface area contributed by atoms with Crippen LogP contribution in [-0.2, 0) is 6.54 Å². The van der Waals surface area contributed by atoms with Crippen LogP contribution in [-0.4, -0.2) is 15.7 Å². The zero-order valence-electron chi connectivity index (χ0n) is 17.3. The maximum atomic E-state index is 13.1. The highest BCUT2D eigenvalue weighted by Gasteiger charge is 2.09. The average molecular weight is 446 g/mol. The molecule has 7 heteroatoms. The zero-order chi connectivity index (χ0) is 22.5. The Bertz CT molecular complexity index is 1300. The molecule has 0 spiro atoms. The minimum atomic E-state index is -0.310. The predicted molar refractivity (Wildman–Crippen MR) is 123 cm³/mol. The van der Waals surface area contributed by atoms with Crippen molar-refractivity contribution in [1.82, 2.24) is 15.1 Å². The number of halogens is 1. The quantitative estimate of drug-likeness (QED) is 0.465. The van der Waals surface area contributed by atoms with Crippen LogP contribution in [0.5, 0.6) is 0 Å². The van der Waals surface area contributed by atoms with E-state index in [1.165, 1.54) is 34.6 Å². The van der Waals surface area contributed by atoms with Gasteiger partial charge in [-0.2, -0.15) is 9.78 Å². The SMILES string of the molecule is Cc1ccccc1CNC(=O)c1ccc(-n2nc(Sc3ccc(F)cc3)ccc2=O)cc1. The number of carbonyl (C=O) groups is 1. The summed E-state index contributed by atoms with van der Waals surface area (Å²) in [5, 5.41) is 7.90. The number of amides is 1. The fourth-order valence-electron chi connectivity index (χ4n) is 3.10. The van der Waals surface area contributed by atoms with Crippen molar-refractivity contribution in [3.05, 3.63) is 118 Å². The van der Waals surface area contributed by atoms with Gasteiger partial charge in [0.25, 0.3) is 11.5 Å². The van der Waals surface area contributed by atoms with Gasteiger partial charge in [-0.15, -0.1) is 0 Å². The van der Waals surface area contributed by atoms with Crippen LogP contribution in [0, 0.1) is 12.7 Å². The fraction of sp³-hybridized carbons (Fsp3) is 0.0800. The molecule has 0 saturated heterocycles. The third-order valence-electron chi connectivity index (χ3n) is 4.89. The van der Waals surface area contributed by atoms with Gasteiger partial charge >= 0.3 is 0 Å². The lowest BCUT2D eigenvalue weighted by Crippen LogP contribution is -2.23. The summed E-state index contributed by atoms with van der Waals surface area (Å²) in [4.78, 5) is 25.7. The molecule has 0 saturated carbocycles. The van der Waals surface area contributed by atoms with Crippen molar-refractivity contribution in [1.29, 1.82) is 0 Å². The van der Waals surface area contributed by atoms with Gasteiger partial charge in [-0.1, -0.05) is 36.0 Å². The summed E-state index contributed by atoms with van der Waals surface area (Å²) in [7, 11) is 0. The molecule has 4 aromatic rings. The van der Waals surface area contributed by atoms with E-state index in [9.17, 15) is 14.0 Å². The number of nitrogens with zero attached hydrogens (tertiary/aromatic N) is 2. The van der Waals surface area contributed by atoms with Gasteiger partial charge in [-0.05, 0) is 72.6 Å². The van der Waals surface area contributed by atoms with Crippen LogP contribution in [0.4, 0.5) is 4.39 Å². The molecule has 0 atom stereocenters. The molecule has 1 aromatic heterocycles. The number of nitrogens with one attached hydrogen (secondary N) is 1. The molecule has 0 radical (unpaired) electrons. The highest BCUT2D eigenvalue weighted by atomic mass is 32.2. The van der Waals surface area contributed by atoms with Gasteiger partial charge in [-0.3, -0.25) is 9.59 Å². The van der Waals surface area contributed by atoms with E-state index >= 15 is 0 Å². The number of carbonyl (C=O) groups excluding carboxylic acids is 1. The number of aryl methyl sites for hydroxylation is 1. The lowest BCUT2D eigenvalue weighted by Gasteiger charge is -2.09. The van der Waals surface area contributed by atoms with Crippen molar-refractivity contribution in [2.75, 3.05) is 0 Å². The summed E-state index contributed by atoms with van der Waals surface area (Å²) in [6, 6.07) is 23.7. The van der Waals surface area contributed by atoms with Crippen molar-refractivity contribution < 1.29 is 9.18 Å². The van der Waals surface area contributed by atoms with Crippen LogP contribution < -0.4 is 10.9 Å². The Kier molecular flexibility index (Phi) is 6.47. The van der Waals surface area contributed by atoms with Crippen LogP contribution in [0.15, 0.2) is 99.6 Å². The Morgan fingerprint density at radius 2 is 1.69 bits per heavy atom. The molecule has 1 amide bonds. The van der Waals surface area contributed by atoms with Crippen molar-refractivity contribution in [3.63, 3.8) is 0 Å². The second kappa shape index (κ2) is 9.62. The van der Waals surface area contributed by atoms with E-state index < -0.39 is 0 Å². The predicted octanol–water partition coefficient (Wildman–Crippen LogP) is 4.76. The molecule has 0 fully saturated rings. The molecule has 1 heterocycles. The molecule has 0 aliphatic rings. The maximum Gasteiger partial charge on any atom is 0.271 e. The second-order valence-electron chi connectivity index (χ2n) is 7.13. The first-order valence-corrected chi connectivity index (χ1v) is 10.8.